The Bertz CT molecular complexity index is 415. The van der Waals surface area contributed by atoms with Gasteiger partial charge in [0.1, 0.15) is 5.78 Å². The van der Waals surface area contributed by atoms with E-state index in [1.54, 1.807) is 6.92 Å². The van der Waals surface area contributed by atoms with Crippen LogP contribution in [0.5, 0.6) is 11.5 Å². The first-order chi connectivity index (χ1) is 7.66. The number of benzene rings is 1. The van der Waals surface area contributed by atoms with Crippen molar-refractivity contribution in [2.24, 2.45) is 0 Å². The highest BCUT2D eigenvalue weighted by Crippen LogP contribution is 2.36. The molecule has 1 N–H and O–H groups in total. The Kier molecular flexibility index (Phi) is 2.99. The van der Waals surface area contributed by atoms with Crippen molar-refractivity contribution in [1.82, 2.24) is 0 Å². The summed E-state index contributed by atoms with van der Waals surface area (Å²) < 4.78 is 10.6. The monoisotopic (exact) mass is 221 g/mol. The van der Waals surface area contributed by atoms with Gasteiger partial charge in [0.25, 0.3) is 0 Å². The van der Waals surface area contributed by atoms with Crippen LogP contribution < -0.4 is 14.8 Å². The van der Waals surface area contributed by atoms with Gasteiger partial charge in [-0.25, -0.2) is 0 Å². The number of aryl methyl sites for hydroxylation is 1. The lowest BCUT2D eigenvalue weighted by atomic mass is 10.1. The van der Waals surface area contributed by atoms with Crippen LogP contribution in [0.3, 0.4) is 0 Å². The van der Waals surface area contributed by atoms with Crippen LogP contribution in [0.15, 0.2) is 12.1 Å². The predicted molar refractivity (Wildman–Crippen MR) is 61.1 cm³/mol. The number of hydrogen-bond donors (Lipinski definition) is 1. The van der Waals surface area contributed by atoms with Crippen molar-refractivity contribution < 1.29 is 14.3 Å². The summed E-state index contributed by atoms with van der Waals surface area (Å²) >= 11 is 0. The molecule has 16 heavy (non-hydrogen) atoms. The minimum absolute atomic E-state index is 0.186. The van der Waals surface area contributed by atoms with Gasteiger partial charge in [-0.3, -0.25) is 4.79 Å². The zero-order chi connectivity index (χ0) is 11.5. The SMILES string of the molecule is CC(=O)CCNc1cc2c(cc1C)OCO2. The number of anilines is 1. The van der Waals surface area contributed by atoms with Gasteiger partial charge in [-0.1, -0.05) is 0 Å². The third-order valence-electron chi connectivity index (χ3n) is 2.51. The topological polar surface area (TPSA) is 47.6 Å². The predicted octanol–water partition coefficient (Wildman–Crippen LogP) is 2.11. The van der Waals surface area contributed by atoms with Crippen LogP contribution in [0.4, 0.5) is 5.69 Å². The van der Waals surface area contributed by atoms with E-state index in [1.807, 2.05) is 19.1 Å². The number of hydrogen-bond acceptors (Lipinski definition) is 4. The molecule has 1 aliphatic rings. The van der Waals surface area contributed by atoms with Crippen LogP contribution in [-0.4, -0.2) is 19.1 Å². The van der Waals surface area contributed by atoms with E-state index in [0.717, 1.165) is 22.7 Å². The highest BCUT2D eigenvalue weighted by atomic mass is 16.7. The van der Waals surface area contributed by atoms with E-state index in [0.29, 0.717) is 13.0 Å². The molecule has 0 atom stereocenters. The van der Waals surface area contributed by atoms with Crippen LogP contribution in [0, 0.1) is 6.92 Å². The summed E-state index contributed by atoms with van der Waals surface area (Å²) in [6.45, 7) is 4.52. The zero-order valence-corrected chi connectivity index (χ0v) is 9.50. The number of carbonyl (C=O) groups is 1. The molecule has 1 heterocycles. The number of rotatable bonds is 4. The van der Waals surface area contributed by atoms with Gasteiger partial charge in [-0.2, -0.15) is 0 Å². The standard InChI is InChI=1S/C12H15NO3/c1-8-5-11-12(16-7-15-11)6-10(8)13-4-3-9(2)14/h5-6,13H,3-4,7H2,1-2H3. The Labute approximate surface area is 94.6 Å². The van der Waals surface area contributed by atoms with Crippen molar-refractivity contribution in [2.75, 3.05) is 18.7 Å². The number of ether oxygens (including phenoxy) is 2. The fourth-order valence-corrected chi connectivity index (χ4v) is 1.61. The molecule has 1 aromatic carbocycles. The van der Waals surface area contributed by atoms with Gasteiger partial charge < -0.3 is 14.8 Å². The van der Waals surface area contributed by atoms with Crippen molar-refractivity contribution in [3.63, 3.8) is 0 Å². The van der Waals surface area contributed by atoms with Crippen LogP contribution in [0.1, 0.15) is 18.9 Å². The first-order valence-electron chi connectivity index (χ1n) is 5.30. The molecule has 0 saturated carbocycles. The normalized spacial score (nSPS) is 12.6. The number of Topliss-reactive ketones (excluding diaryl/α,β-unsaturated/α-hetero) is 1. The molecule has 0 aliphatic carbocycles. The molecule has 86 valence electrons. The third-order valence-corrected chi connectivity index (χ3v) is 2.51. The lowest BCUT2D eigenvalue weighted by Crippen LogP contribution is -2.06. The smallest absolute Gasteiger partial charge is 0.231 e. The Hall–Kier alpha value is -1.71. The second-order valence-electron chi connectivity index (χ2n) is 3.90. The molecule has 4 heteroatoms. The maximum atomic E-state index is 10.8. The molecule has 0 unspecified atom stereocenters. The Morgan fingerprint density at radius 1 is 1.38 bits per heavy atom. The van der Waals surface area contributed by atoms with Gasteiger partial charge in [-0.15, -0.1) is 0 Å². The number of carbonyl (C=O) groups excluding carboxylic acids is 1. The zero-order valence-electron chi connectivity index (χ0n) is 9.50. The molecule has 0 fully saturated rings. The average molecular weight is 221 g/mol. The van der Waals surface area contributed by atoms with E-state index >= 15 is 0 Å². The van der Waals surface area contributed by atoms with Gasteiger partial charge in [0.05, 0.1) is 0 Å². The third kappa shape index (κ3) is 2.27. The molecule has 0 saturated heterocycles. The van der Waals surface area contributed by atoms with Gasteiger partial charge >= 0.3 is 0 Å². The molecule has 0 aromatic heterocycles. The van der Waals surface area contributed by atoms with Crippen molar-refractivity contribution in [1.29, 1.82) is 0 Å². The van der Waals surface area contributed by atoms with Crippen molar-refractivity contribution in [3.8, 4) is 11.5 Å². The minimum Gasteiger partial charge on any atom is -0.454 e. The summed E-state index contributed by atoms with van der Waals surface area (Å²) in [6, 6.07) is 3.86. The molecule has 2 rings (SSSR count). The molecule has 0 radical (unpaired) electrons. The second-order valence-corrected chi connectivity index (χ2v) is 3.90. The van der Waals surface area contributed by atoms with E-state index < -0.39 is 0 Å². The molecule has 0 bridgehead atoms. The molecular formula is C12H15NO3. The summed E-state index contributed by atoms with van der Waals surface area (Å²) in [5, 5.41) is 3.22. The Morgan fingerprint density at radius 2 is 2.06 bits per heavy atom. The van der Waals surface area contributed by atoms with Crippen molar-refractivity contribution in [2.45, 2.75) is 20.3 Å². The van der Waals surface area contributed by atoms with E-state index in [-0.39, 0.29) is 12.6 Å². The average Bonchev–Trinajstić information content (AvgIpc) is 2.64. The number of ketones is 1. The molecule has 0 amide bonds. The Balaban J connectivity index is 2.06. The molecule has 1 aromatic rings. The van der Waals surface area contributed by atoms with Crippen molar-refractivity contribution in [3.05, 3.63) is 17.7 Å². The summed E-state index contributed by atoms with van der Waals surface area (Å²) in [7, 11) is 0. The van der Waals surface area contributed by atoms with Crippen LogP contribution in [0.25, 0.3) is 0 Å². The molecule has 0 spiro atoms. The van der Waals surface area contributed by atoms with E-state index in [9.17, 15) is 4.79 Å². The fourth-order valence-electron chi connectivity index (χ4n) is 1.61. The van der Waals surface area contributed by atoms with E-state index in [2.05, 4.69) is 5.32 Å². The molecule has 1 aliphatic heterocycles. The summed E-state index contributed by atoms with van der Waals surface area (Å²) in [4.78, 5) is 10.8. The lowest BCUT2D eigenvalue weighted by Gasteiger charge is -2.09. The van der Waals surface area contributed by atoms with Gasteiger partial charge in [0, 0.05) is 24.7 Å². The summed E-state index contributed by atoms with van der Waals surface area (Å²) in [5.74, 6) is 1.73. The molecular weight excluding hydrogens is 206 g/mol. The van der Waals surface area contributed by atoms with E-state index in [1.165, 1.54) is 0 Å². The highest BCUT2D eigenvalue weighted by Gasteiger charge is 2.15. The first kappa shape index (κ1) is 10.8. The number of fused-ring (bicyclic) bond motifs is 1. The molecule has 4 nitrogen and oxygen atoms in total. The van der Waals surface area contributed by atoms with Crippen LogP contribution in [0.2, 0.25) is 0 Å². The van der Waals surface area contributed by atoms with Gasteiger partial charge in [0.15, 0.2) is 11.5 Å². The summed E-state index contributed by atoms with van der Waals surface area (Å²) in [5.41, 5.74) is 2.08. The highest BCUT2D eigenvalue weighted by molar-refractivity contribution is 5.76. The fraction of sp³-hybridized carbons (Fsp3) is 0.417. The minimum atomic E-state index is 0.186. The lowest BCUT2D eigenvalue weighted by molar-refractivity contribution is -0.116. The number of nitrogens with one attached hydrogen (secondary N) is 1. The quantitative estimate of drug-likeness (QED) is 0.846. The Morgan fingerprint density at radius 3 is 2.75 bits per heavy atom. The van der Waals surface area contributed by atoms with Crippen molar-refractivity contribution >= 4 is 11.5 Å². The van der Waals surface area contributed by atoms with Crippen LogP contribution in [-0.2, 0) is 4.79 Å². The maximum absolute atomic E-state index is 10.8. The van der Waals surface area contributed by atoms with Gasteiger partial charge in [-0.05, 0) is 25.5 Å². The van der Waals surface area contributed by atoms with Gasteiger partial charge in [0.2, 0.25) is 6.79 Å². The van der Waals surface area contributed by atoms with E-state index in [4.69, 9.17) is 9.47 Å². The second kappa shape index (κ2) is 4.43. The largest absolute Gasteiger partial charge is 0.454 e. The maximum Gasteiger partial charge on any atom is 0.231 e. The first-order valence-corrected chi connectivity index (χ1v) is 5.30. The van der Waals surface area contributed by atoms with Crippen LogP contribution >= 0.6 is 0 Å². The summed E-state index contributed by atoms with van der Waals surface area (Å²) in [6.07, 6.45) is 0.536.